The Hall–Kier alpha value is -1.62. The standard InChI is InChI=1S/C14H17ClFNO3/c1-13(2,12(19)20)14(3,4)17-11(18)9-6-5-8(15)7-10(9)16/h5-7H,1-4H3,(H,17,18)(H,19,20). The average Bonchev–Trinajstić information content (AvgIpc) is 2.27. The molecule has 1 aromatic carbocycles. The zero-order valence-corrected chi connectivity index (χ0v) is 12.5. The molecule has 0 atom stereocenters. The molecule has 0 saturated carbocycles. The summed E-state index contributed by atoms with van der Waals surface area (Å²) in [6.07, 6.45) is 0. The van der Waals surface area contributed by atoms with E-state index in [0.29, 0.717) is 0 Å². The van der Waals surface area contributed by atoms with Gasteiger partial charge in [0.05, 0.1) is 16.5 Å². The molecule has 0 bridgehead atoms. The molecule has 0 radical (unpaired) electrons. The summed E-state index contributed by atoms with van der Waals surface area (Å²) in [5.74, 6) is -2.49. The van der Waals surface area contributed by atoms with Crippen LogP contribution in [0.5, 0.6) is 0 Å². The van der Waals surface area contributed by atoms with Crippen molar-refractivity contribution < 1.29 is 19.1 Å². The van der Waals surface area contributed by atoms with Crippen LogP contribution >= 0.6 is 11.6 Å². The molecule has 0 aliphatic heterocycles. The van der Waals surface area contributed by atoms with Gasteiger partial charge in [-0.15, -0.1) is 0 Å². The first kappa shape index (κ1) is 16.4. The van der Waals surface area contributed by atoms with Crippen molar-refractivity contribution in [3.05, 3.63) is 34.6 Å². The molecule has 4 nitrogen and oxygen atoms in total. The maximum Gasteiger partial charge on any atom is 0.311 e. The first-order chi connectivity index (χ1) is 8.99. The molecular weight excluding hydrogens is 285 g/mol. The van der Waals surface area contributed by atoms with Crippen molar-refractivity contribution in [3.8, 4) is 0 Å². The number of hydrogen-bond donors (Lipinski definition) is 2. The molecule has 1 aromatic rings. The lowest BCUT2D eigenvalue weighted by molar-refractivity contribution is -0.150. The van der Waals surface area contributed by atoms with Gasteiger partial charge in [-0.3, -0.25) is 9.59 Å². The van der Waals surface area contributed by atoms with E-state index in [1.807, 2.05) is 0 Å². The number of hydrogen-bond acceptors (Lipinski definition) is 2. The second-order valence-corrected chi connectivity index (χ2v) is 6.07. The SMILES string of the molecule is CC(C)(NC(=O)c1ccc(Cl)cc1F)C(C)(C)C(=O)O. The third-order valence-electron chi connectivity index (χ3n) is 3.70. The minimum atomic E-state index is -1.22. The highest BCUT2D eigenvalue weighted by Gasteiger charge is 2.44. The zero-order valence-electron chi connectivity index (χ0n) is 11.8. The summed E-state index contributed by atoms with van der Waals surface area (Å²) < 4.78 is 13.7. The lowest BCUT2D eigenvalue weighted by Gasteiger charge is -2.38. The van der Waals surface area contributed by atoms with Crippen molar-refractivity contribution in [1.29, 1.82) is 0 Å². The van der Waals surface area contributed by atoms with Crippen LogP contribution < -0.4 is 5.32 Å². The van der Waals surface area contributed by atoms with Crippen LogP contribution in [0.4, 0.5) is 4.39 Å². The second-order valence-electron chi connectivity index (χ2n) is 5.63. The number of aliphatic carboxylic acids is 1. The van der Waals surface area contributed by atoms with Gasteiger partial charge in [0, 0.05) is 5.02 Å². The molecule has 0 spiro atoms. The van der Waals surface area contributed by atoms with Crippen LogP contribution in [0.2, 0.25) is 5.02 Å². The highest BCUT2D eigenvalue weighted by molar-refractivity contribution is 6.30. The molecule has 0 aromatic heterocycles. The highest BCUT2D eigenvalue weighted by atomic mass is 35.5. The summed E-state index contributed by atoms with van der Waals surface area (Å²) in [6, 6.07) is 3.69. The quantitative estimate of drug-likeness (QED) is 0.898. The number of amides is 1. The Morgan fingerprint density at radius 3 is 2.25 bits per heavy atom. The summed E-state index contributed by atoms with van der Waals surface area (Å²) in [5, 5.41) is 11.9. The summed E-state index contributed by atoms with van der Waals surface area (Å²) in [7, 11) is 0. The van der Waals surface area contributed by atoms with E-state index in [4.69, 9.17) is 11.6 Å². The van der Waals surface area contributed by atoms with Gasteiger partial charge in [-0.2, -0.15) is 0 Å². The van der Waals surface area contributed by atoms with Gasteiger partial charge in [-0.05, 0) is 45.9 Å². The first-order valence-electron chi connectivity index (χ1n) is 6.00. The van der Waals surface area contributed by atoms with Crippen LogP contribution in [0, 0.1) is 11.2 Å². The van der Waals surface area contributed by atoms with Gasteiger partial charge in [0.25, 0.3) is 5.91 Å². The molecule has 0 aliphatic carbocycles. The predicted molar refractivity (Wildman–Crippen MR) is 74.4 cm³/mol. The number of rotatable bonds is 4. The Morgan fingerprint density at radius 2 is 1.80 bits per heavy atom. The summed E-state index contributed by atoms with van der Waals surface area (Å²) in [6.45, 7) is 6.14. The van der Waals surface area contributed by atoms with Crippen LogP contribution in [0.15, 0.2) is 18.2 Å². The Labute approximate surface area is 121 Å². The smallest absolute Gasteiger partial charge is 0.311 e. The maximum absolute atomic E-state index is 13.7. The van der Waals surface area contributed by atoms with E-state index in [1.54, 1.807) is 13.8 Å². The fraction of sp³-hybridized carbons (Fsp3) is 0.429. The van der Waals surface area contributed by atoms with Crippen LogP contribution in [0.1, 0.15) is 38.1 Å². The molecule has 0 saturated heterocycles. The number of carboxylic acid groups (broad SMARTS) is 1. The summed E-state index contributed by atoms with van der Waals surface area (Å²) in [4.78, 5) is 23.3. The van der Waals surface area contributed by atoms with Gasteiger partial charge in [0.1, 0.15) is 5.82 Å². The van der Waals surface area contributed by atoms with E-state index in [1.165, 1.54) is 26.0 Å². The Balaban J connectivity index is 3.03. The van der Waals surface area contributed by atoms with Gasteiger partial charge in [0.2, 0.25) is 0 Å². The number of carbonyl (C=O) groups is 2. The predicted octanol–water partition coefficient (Wildman–Crippen LogP) is 3.10. The van der Waals surface area contributed by atoms with Crippen molar-refractivity contribution in [2.75, 3.05) is 0 Å². The minimum Gasteiger partial charge on any atom is -0.481 e. The molecule has 20 heavy (non-hydrogen) atoms. The summed E-state index contributed by atoms with van der Waals surface area (Å²) >= 11 is 5.62. The fourth-order valence-corrected chi connectivity index (χ4v) is 1.61. The molecular formula is C14H17ClFNO3. The Kier molecular flexibility index (Phi) is 4.44. The lowest BCUT2D eigenvalue weighted by atomic mass is 9.74. The van der Waals surface area contributed by atoms with Gasteiger partial charge in [0.15, 0.2) is 0 Å². The number of halogens is 2. The maximum atomic E-state index is 13.7. The molecule has 6 heteroatoms. The van der Waals surface area contributed by atoms with Gasteiger partial charge >= 0.3 is 5.97 Å². The van der Waals surface area contributed by atoms with E-state index in [9.17, 15) is 19.1 Å². The average molecular weight is 302 g/mol. The summed E-state index contributed by atoms with van der Waals surface area (Å²) in [5.41, 5.74) is -2.46. The van der Waals surface area contributed by atoms with E-state index in [-0.39, 0.29) is 10.6 Å². The van der Waals surface area contributed by atoms with E-state index < -0.39 is 28.6 Å². The molecule has 0 aliphatic rings. The Morgan fingerprint density at radius 1 is 1.25 bits per heavy atom. The molecule has 110 valence electrons. The fourth-order valence-electron chi connectivity index (χ4n) is 1.45. The molecule has 0 unspecified atom stereocenters. The number of carboxylic acids is 1. The van der Waals surface area contributed by atoms with E-state index in [0.717, 1.165) is 6.07 Å². The van der Waals surface area contributed by atoms with Gasteiger partial charge in [-0.1, -0.05) is 11.6 Å². The molecule has 0 heterocycles. The second kappa shape index (κ2) is 5.40. The first-order valence-corrected chi connectivity index (χ1v) is 6.38. The monoisotopic (exact) mass is 301 g/mol. The number of benzene rings is 1. The normalized spacial score (nSPS) is 12.1. The molecule has 1 amide bonds. The van der Waals surface area contributed by atoms with E-state index in [2.05, 4.69) is 5.32 Å². The van der Waals surface area contributed by atoms with Gasteiger partial charge in [-0.25, -0.2) is 4.39 Å². The molecule has 0 fully saturated rings. The van der Waals surface area contributed by atoms with Crippen molar-refractivity contribution in [1.82, 2.24) is 5.32 Å². The van der Waals surface area contributed by atoms with Crippen molar-refractivity contribution in [2.24, 2.45) is 5.41 Å². The number of carbonyl (C=O) groups excluding carboxylic acids is 1. The number of nitrogens with one attached hydrogen (secondary N) is 1. The topological polar surface area (TPSA) is 66.4 Å². The zero-order chi connectivity index (χ0) is 15.7. The van der Waals surface area contributed by atoms with Crippen molar-refractivity contribution >= 4 is 23.5 Å². The van der Waals surface area contributed by atoms with Crippen LogP contribution in [-0.4, -0.2) is 22.5 Å². The van der Waals surface area contributed by atoms with Gasteiger partial charge < -0.3 is 10.4 Å². The van der Waals surface area contributed by atoms with Crippen molar-refractivity contribution in [3.63, 3.8) is 0 Å². The minimum absolute atomic E-state index is 0.177. The largest absolute Gasteiger partial charge is 0.481 e. The third-order valence-corrected chi connectivity index (χ3v) is 3.93. The highest BCUT2D eigenvalue weighted by Crippen LogP contribution is 2.31. The molecule has 2 N–H and O–H groups in total. The molecule has 1 rings (SSSR count). The van der Waals surface area contributed by atoms with E-state index >= 15 is 0 Å². The van der Waals surface area contributed by atoms with Crippen LogP contribution in [0.3, 0.4) is 0 Å². The van der Waals surface area contributed by atoms with Crippen LogP contribution in [-0.2, 0) is 4.79 Å². The Bertz CT molecular complexity index is 555. The lowest BCUT2D eigenvalue weighted by Crippen LogP contribution is -2.57. The third kappa shape index (κ3) is 3.10. The van der Waals surface area contributed by atoms with Crippen LogP contribution in [0.25, 0.3) is 0 Å². The van der Waals surface area contributed by atoms with Crippen molar-refractivity contribution in [2.45, 2.75) is 33.2 Å².